The normalized spacial score (nSPS) is 10.1. The van der Waals surface area contributed by atoms with Gasteiger partial charge in [-0.3, -0.25) is 0 Å². The number of para-hydroxylation sites is 7. The van der Waals surface area contributed by atoms with Gasteiger partial charge in [-0.25, -0.2) is 9.97 Å². The van der Waals surface area contributed by atoms with Crippen LogP contribution in [0.2, 0.25) is 0 Å². The van der Waals surface area contributed by atoms with Crippen LogP contribution in [0.25, 0.3) is 76.3 Å². The van der Waals surface area contributed by atoms with Crippen LogP contribution in [-0.2, 0) is 21.1 Å². The molecule has 408 valence electrons. The van der Waals surface area contributed by atoms with Crippen molar-refractivity contribution in [1.82, 2.24) is 38.4 Å². The second-order valence-electron chi connectivity index (χ2n) is 19.2. The molecule has 0 fully saturated rings. The fourth-order valence-electron chi connectivity index (χ4n) is 7.28. The molecule has 8 nitrogen and oxygen atoms in total. The lowest BCUT2D eigenvalue weighted by Gasteiger charge is -2.00. The average molecular weight is 1030 g/mol. The molecule has 0 spiro atoms. The Morgan fingerprint density at radius 1 is 0.316 bits per heavy atom. The van der Waals surface area contributed by atoms with Crippen LogP contribution in [0.5, 0.6) is 0 Å². The predicted molar refractivity (Wildman–Crippen MR) is 341 cm³/mol. The fourth-order valence-corrected chi connectivity index (χ4v) is 7.28. The molecule has 0 saturated carbocycles. The van der Waals surface area contributed by atoms with E-state index in [9.17, 15) is 0 Å². The number of hydrogen-bond donors (Lipinski definition) is 0. The van der Waals surface area contributed by atoms with E-state index in [1.165, 1.54) is 84.7 Å². The summed E-state index contributed by atoms with van der Waals surface area (Å²) in [6, 6.07) is 59.0. The molecule has 11 aromatic rings. The van der Waals surface area contributed by atoms with Gasteiger partial charge in [0.2, 0.25) is 0 Å². The minimum absolute atomic E-state index is 0.998. The molecule has 0 bridgehead atoms. The van der Waals surface area contributed by atoms with E-state index >= 15 is 0 Å². The number of benzene rings is 7. The van der Waals surface area contributed by atoms with Crippen molar-refractivity contribution < 1.29 is 0 Å². The molecule has 7 aromatic carbocycles. The predicted octanol–water partition coefficient (Wildman–Crippen LogP) is 17.6. The van der Waals surface area contributed by atoms with Crippen molar-refractivity contribution in [3.8, 4) is 0 Å². The summed E-state index contributed by atoms with van der Waals surface area (Å²) in [4.78, 5) is 14.3. The Hall–Kier alpha value is -6.84. The van der Waals surface area contributed by atoms with E-state index in [1.807, 2.05) is 30.5 Å². The highest BCUT2D eigenvalue weighted by Crippen LogP contribution is 2.29. The second kappa shape index (κ2) is 37.0. The number of fused-ring (bicyclic) bond motifs is 10. The van der Waals surface area contributed by atoms with Gasteiger partial charge in [0.15, 0.2) is 0 Å². The van der Waals surface area contributed by atoms with Gasteiger partial charge in [0.05, 0.1) is 5.52 Å². The third-order valence-corrected chi connectivity index (χ3v) is 11.8. The highest BCUT2D eigenvalue weighted by molar-refractivity contribution is 6.09. The largest absolute Gasteiger partial charge is 0.344 e. The average Bonchev–Trinajstić information content (AvgIpc) is 4.03. The zero-order valence-electron chi connectivity index (χ0n) is 50.1. The standard InChI is InChI=1S/3C13H11N.C8H6N2.3C4H11N.3C3H8/c3*1-14-12-8-4-2-6-10(12)11-7-3-5-9-13(11)14;1-2-4-8-7(3-1)5-9-6-10-8;3*1-4-5(2)3;3*1-3-2/h3*2-9H,1H3;1-6H;3*4H2,1-3H3;3*3H2,1-2H3. The molecule has 0 radical (unpaired) electrons. The van der Waals surface area contributed by atoms with Gasteiger partial charge in [0.25, 0.3) is 0 Å². The Morgan fingerprint density at radius 2 is 0.513 bits per heavy atom. The molecular weight excluding hydrogens is 929 g/mol. The molecule has 11 rings (SSSR count). The number of rotatable bonds is 3. The van der Waals surface area contributed by atoms with E-state index in [4.69, 9.17) is 0 Å². The topological polar surface area (TPSA) is 50.3 Å². The maximum Gasteiger partial charge on any atom is 0.116 e. The zero-order chi connectivity index (χ0) is 56.4. The summed E-state index contributed by atoms with van der Waals surface area (Å²) < 4.78 is 6.72. The van der Waals surface area contributed by atoms with Gasteiger partial charge in [0, 0.05) is 98.1 Å². The summed E-state index contributed by atoms with van der Waals surface area (Å²) in [7, 11) is 18.7. The van der Waals surface area contributed by atoms with E-state index in [1.54, 1.807) is 6.33 Å². The van der Waals surface area contributed by atoms with E-state index in [-0.39, 0.29) is 0 Å². The molecule has 4 aromatic heterocycles. The molecule has 76 heavy (non-hydrogen) atoms. The van der Waals surface area contributed by atoms with Crippen molar-refractivity contribution in [3.05, 3.63) is 182 Å². The highest BCUT2D eigenvalue weighted by Gasteiger charge is 2.07. The van der Waals surface area contributed by atoms with Gasteiger partial charge in [0.1, 0.15) is 6.33 Å². The van der Waals surface area contributed by atoms with Gasteiger partial charge < -0.3 is 28.4 Å². The molecule has 0 N–H and O–H groups in total. The van der Waals surface area contributed by atoms with E-state index in [2.05, 4.69) is 310 Å². The van der Waals surface area contributed by atoms with Crippen molar-refractivity contribution in [2.24, 2.45) is 21.1 Å². The monoisotopic (exact) mass is 1020 g/mol. The number of aryl methyl sites for hydroxylation is 3. The van der Waals surface area contributed by atoms with Crippen LogP contribution in [0.4, 0.5) is 0 Å². The summed E-state index contributed by atoms with van der Waals surface area (Å²) in [6.07, 6.45) is 7.12. The molecule has 0 aliphatic carbocycles. The van der Waals surface area contributed by atoms with Crippen LogP contribution in [0.1, 0.15) is 81.6 Å². The van der Waals surface area contributed by atoms with Crippen molar-refractivity contribution in [3.63, 3.8) is 0 Å². The molecule has 0 unspecified atom stereocenters. The number of hydrogen-bond acceptors (Lipinski definition) is 5. The number of aromatic nitrogens is 5. The van der Waals surface area contributed by atoms with Crippen molar-refractivity contribution >= 4 is 76.3 Å². The van der Waals surface area contributed by atoms with E-state index < -0.39 is 0 Å². The molecule has 0 atom stereocenters. The Balaban J connectivity index is 0.000000306. The maximum absolute atomic E-state index is 4.07. The molecule has 0 saturated heterocycles. The third-order valence-electron chi connectivity index (χ3n) is 11.8. The summed E-state index contributed by atoms with van der Waals surface area (Å²) in [5.74, 6) is 0. The SMILES string of the molecule is CCC.CCC.CCC.CCN(C)C.CCN(C)C.CCN(C)C.Cn1c2ccccc2c2ccccc21.Cn1c2ccccc2c2ccccc21.Cn1c2ccccc2c2ccccc21.c1ccc2ncncc2c1. The summed E-state index contributed by atoms with van der Waals surface area (Å²) in [5.41, 5.74) is 8.80. The Morgan fingerprint density at radius 3 is 0.724 bits per heavy atom. The first-order valence-corrected chi connectivity index (χ1v) is 27.5. The van der Waals surface area contributed by atoms with Crippen LogP contribution in [0, 0.1) is 0 Å². The zero-order valence-corrected chi connectivity index (χ0v) is 50.1. The Bertz CT molecular complexity index is 2730. The number of nitrogens with zero attached hydrogens (tertiary/aromatic N) is 8. The maximum atomic E-state index is 4.07. The summed E-state index contributed by atoms with van der Waals surface area (Å²) in [6.45, 7) is 22.5. The first-order valence-electron chi connectivity index (χ1n) is 27.5. The quantitative estimate of drug-likeness (QED) is 0.176. The van der Waals surface area contributed by atoms with Crippen molar-refractivity contribution in [1.29, 1.82) is 0 Å². The lowest BCUT2D eigenvalue weighted by Crippen LogP contribution is -2.08. The molecule has 0 amide bonds. The Labute approximate surface area is 459 Å². The Kier molecular flexibility index (Phi) is 31.8. The van der Waals surface area contributed by atoms with Crippen molar-refractivity contribution in [2.45, 2.75) is 81.6 Å². The molecular formula is C68H96N8. The third kappa shape index (κ3) is 20.7. The minimum Gasteiger partial charge on any atom is -0.344 e. The van der Waals surface area contributed by atoms with E-state index in [0.717, 1.165) is 30.5 Å². The van der Waals surface area contributed by atoms with E-state index in [0.29, 0.717) is 0 Å². The highest BCUT2D eigenvalue weighted by atomic mass is 15.0. The fraction of sp³-hybridized carbons (Fsp3) is 0.353. The van der Waals surface area contributed by atoms with Crippen LogP contribution in [0.3, 0.4) is 0 Å². The van der Waals surface area contributed by atoms with Crippen molar-refractivity contribution in [2.75, 3.05) is 61.9 Å². The van der Waals surface area contributed by atoms with Gasteiger partial charge in [-0.05, 0) is 104 Å². The lowest BCUT2D eigenvalue weighted by molar-refractivity contribution is 0.434. The lowest BCUT2D eigenvalue weighted by atomic mass is 10.2. The van der Waals surface area contributed by atoms with Crippen LogP contribution < -0.4 is 0 Å². The van der Waals surface area contributed by atoms with Gasteiger partial charge in [-0.2, -0.15) is 0 Å². The summed E-state index contributed by atoms with van der Waals surface area (Å²) in [5, 5.41) is 9.12. The van der Waals surface area contributed by atoms with Gasteiger partial charge in [-0.15, -0.1) is 0 Å². The molecule has 8 heteroatoms. The first-order chi connectivity index (χ1) is 36.7. The molecule has 0 aliphatic heterocycles. The minimum atomic E-state index is 0.998. The molecule has 0 aliphatic rings. The van der Waals surface area contributed by atoms with Crippen LogP contribution in [-0.4, -0.2) is 100 Å². The molecule has 4 heterocycles. The van der Waals surface area contributed by atoms with Crippen LogP contribution in [0.15, 0.2) is 182 Å². The second-order valence-corrected chi connectivity index (χ2v) is 19.2. The smallest absolute Gasteiger partial charge is 0.116 e. The van der Waals surface area contributed by atoms with Crippen LogP contribution >= 0.6 is 0 Å². The summed E-state index contributed by atoms with van der Waals surface area (Å²) >= 11 is 0. The van der Waals surface area contributed by atoms with Gasteiger partial charge in [-0.1, -0.05) is 209 Å². The van der Waals surface area contributed by atoms with Gasteiger partial charge >= 0.3 is 0 Å². The first kappa shape index (κ1) is 65.3.